The van der Waals surface area contributed by atoms with Gasteiger partial charge in [0.25, 0.3) is 0 Å². The molecule has 0 unspecified atom stereocenters. The maximum absolute atomic E-state index is 2.56. The van der Waals surface area contributed by atoms with E-state index in [4.69, 9.17) is 0 Å². The van der Waals surface area contributed by atoms with Crippen LogP contribution in [0.15, 0.2) is 291 Å². The highest BCUT2D eigenvalue weighted by atomic mass is 15.2. The van der Waals surface area contributed by atoms with Crippen LogP contribution in [0.5, 0.6) is 0 Å². The minimum Gasteiger partial charge on any atom is -0.309 e. The molecule has 17 aromatic rings. The van der Waals surface area contributed by atoms with Gasteiger partial charge in [0.05, 0.1) is 55.8 Å². The first kappa shape index (κ1) is 47.8. The molecule has 4 heteroatoms. The number of aromatic nitrogens is 2. The second-order valence-electron chi connectivity index (χ2n) is 22.6. The lowest BCUT2D eigenvalue weighted by atomic mass is 9.97. The SMILES string of the molecule is Cc1ccc(-c2ccccc2)c(N(c2cccc(-c3ccccc3)c2)c2ccc3c4cc5c(cc4n4c6ccccc6c2c34)c2ccc(N(c3cccc(-c4ccccc4)c3)c3cc(C)ccc3-c3ccccc3)c3c4ccccc4n5c23)c1. The van der Waals surface area contributed by atoms with E-state index in [0.29, 0.717) is 0 Å². The summed E-state index contributed by atoms with van der Waals surface area (Å²) in [4.78, 5) is 5.05. The topological polar surface area (TPSA) is 15.3 Å². The van der Waals surface area contributed by atoms with Crippen molar-refractivity contribution in [2.45, 2.75) is 13.8 Å². The number of anilines is 6. The molecular formula is C80H54N4. The van der Waals surface area contributed by atoms with Gasteiger partial charge in [0.2, 0.25) is 0 Å². The summed E-state index contributed by atoms with van der Waals surface area (Å²) in [6.07, 6.45) is 0. The summed E-state index contributed by atoms with van der Waals surface area (Å²) in [6, 6.07) is 108. The molecule has 0 spiro atoms. The third kappa shape index (κ3) is 7.27. The molecule has 84 heavy (non-hydrogen) atoms. The van der Waals surface area contributed by atoms with E-state index < -0.39 is 0 Å². The Morgan fingerprint density at radius 3 is 1.02 bits per heavy atom. The summed E-state index contributed by atoms with van der Waals surface area (Å²) < 4.78 is 5.13. The van der Waals surface area contributed by atoms with Crippen molar-refractivity contribution in [3.63, 3.8) is 0 Å². The molecule has 13 aromatic carbocycles. The molecule has 0 amide bonds. The average molecular weight is 1070 g/mol. The number of fused-ring (bicyclic) bond motifs is 12. The molecule has 0 radical (unpaired) electrons. The highest BCUT2D eigenvalue weighted by molar-refractivity contribution is 6.32. The maximum atomic E-state index is 2.56. The summed E-state index contributed by atoms with van der Waals surface area (Å²) in [5, 5.41) is 9.83. The van der Waals surface area contributed by atoms with Gasteiger partial charge >= 0.3 is 0 Å². The molecule has 0 bridgehead atoms. The van der Waals surface area contributed by atoms with E-state index in [1.807, 2.05) is 0 Å². The standard InChI is InChI=1S/C80H54N4/c1-51-37-39-61(55-25-11-5-12-26-55)73(45-51)81(59-31-19-29-57(47-59)53-21-7-3-8-22-53)71-43-41-63-67-49-76-68(50-75(67)83-69-35-17-15-33-65(69)77(71)79(63)83)64-42-44-72(78-66-34-16-18-36-70(66)84(76)80(64)78)82(60-32-20-30-58(48-60)54-23-9-4-10-24-54)74-46-52(2)38-40-62(74)56-27-13-6-14-28-56/h3-50H,1-2H3. The van der Waals surface area contributed by atoms with Crippen LogP contribution >= 0.6 is 0 Å². The lowest BCUT2D eigenvalue weighted by Crippen LogP contribution is -2.12. The molecule has 4 aromatic heterocycles. The van der Waals surface area contributed by atoms with Crippen LogP contribution in [-0.4, -0.2) is 8.80 Å². The Hall–Kier alpha value is -10.9. The second-order valence-corrected chi connectivity index (χ2v) is 22.6. The zero-order valence-corrected chi connectivity index (χ0v) is 46.5. The first-order chi connectivity index (χ1) is 41.5. The number of hydrogen-bond acceptors (Lipinski definition) is 2. The monoisotopic (exact) mass is 1070 g/mol. The molecule has 0 saturated heterocycles. The van der Waals surface area contributed by atoms with E-state index in [2.05, 4.69) is 324 Å². The Morgan fingerprint density at radius 2 is 0.607 bits per heavy atom. The van der Waals surface area contributed by atoms with Crippen molar-refractivity contribution in [3.8, 4) is 44.5 Å². The fourth-order valence-electron chi connectivity index (χ4n) is 13.9. The van der Waals surface area contributed by atoms with Crippen LogP contribution in [-0.2, 0) is 0 Å². The van der Waals surface area contributed by atoms with E-state index in [1.54, 1.807) is 0 Å². The van der Waals surface area contributed by atoms with Gasteiger partial charge in [-0.25, -0.2) is 0 Å². The Morgan fingerprint density at radius 1 is 0.238 bits per heavy atom. The van der Waals surface area contributed by atoms with Gasteiger partial charge < -0.3 is 18.6 Å². The van der Waals surface area contributed by atoms with Crippen molar-refractivity contribution in [1.82, 2.24) is 8.80 Å². The summed E-state index contributed by atoms with van der Waals surface area (Å²) in [5.74, 6) is 0. The zero-order chi connectivity index (χ0) is 55.6. The maximum Gasteiger partial charge on any atom is 0.0641 e. The van der Waals surface area contributed by atoms with Crippen molar-refractivity contribution < 1.29 is 0 Å². The van der Waals surface area contributed by atoms with Crippen molar-refractivity contribution >= 4 is 110 Å². The lowest BCUT2D eigenvalue weighted by Gasteiger charge is -2.29. The number of hydrogen-bond donors (Lipinski definition) is 0. The smallest absolute Gasteiger partial charge is 0.0641 e. The van der Waals surface area contributed by atoms with Crippen molar-refractivity contribution in [1.29, 1.82) is 0 Å². The van der Waals surface area contributed by atoms with E-state index >= 15 is 0 Å². The van der Waals surface area contributed by atoms with Gasteiger partial charge in [-0.05, 0) is 131 Å². The number of rotatable bonds is 10. The third-order valence-corrected chi connectivity index (χ3v) is 17.6. The fourth-order valence-corrected chi connectivity index (χ4v) is 13.9. The molecule has 0 fully saturated rings. The molecular weight excluding hydrogens is 1020 g/mol. The molecule has 4 heterocycles. The quantitative estimate of drug-likeness (QED) is 0.136. The summed E-state index contributed by atoms with van der Waals surface area (Å²) in [6.45, 7) is 4.41. The predicted octanol–water partition coefficient (Wildman–Crippen LogP) is 22.2. The largest absolute Gasteiger partial charge is 0.309 e. The van der Waals surface area contributed by atoms with Crippen LogP contribution in [0.2, 0.25) is 0 Å². The number of para-hydroxylation sites is 2. The molecule has 394 valence electrons. The second kappa shape index (κ2) is 18.8. The lowest BCUT2D eigenvalue weighted by molar-refractivity contribution is 1.28. The molecule has 0 saturated carbocycles. The van der Waals surface area contributed by atoms with E-state index in [9.17, 15) is 0 Å². The predicted molar refractivity (Wildman–Crippen MR) is 356 cm³/mol. The fraction of sp³-hybridized carbons (Fsp3) is 0.0250. The van der Waals surface area contributed by atoms with E-state index in [-0.39, 0.29) is 0 Å². The highest BCUT2D eigenvalue weighted by Gasteiger charge is 2.30. The van der Waals surface area contributed by atoms with Gasteiger partial charge in [-0.2, -0.15) is 0 Å². The minimum absolute atomic E-state index is 1.10. The van der Waals surface area contributed by atoms with Crippen molar-refractivity contribution in [2.24, 2.45) is 0 Å². The first-order valence-electron chi connectivity index (χ1n) is 29.1. The van der Waals surface area contributed by atoms with Crippen LogP contribution in [0.25, 0.3) is 121 Å². The minimum atomic E-state index is 1.10. The van der Waals surface area contributed by atoms with Crippen molar-refractivity contribution in [2.75, 3.05) is 9.80 Å². The van der Waals surface area contributed by atoms with Gasteiger partial charge in [0.1, 0.15) is 0 Å². The molecule has 4 nitrogen and oxygen atoms in total. The van der Waals surface area contributed by atoms with Gasteiger partial charge in [0, 0.05) is 65.6 Å². The van der Waals surface area contributed by atoms with Gasteiger partial charge in [-0.15, -0.1) is 0 Å². The van der Waals surface area contributed by atoms with Gasteiger partial charge in [-0.3, -0.25) is 0 Å². The van der Waals surface area contributed by atoms with Crippen LogP contribution in [0.1, 0.15) is 11.1 Å². The molecule has 0 aliphatic carbocycles. The van der Waals surface area contributed by atoms with Gasteiger partial charge in [-0.1, -0.05) is 218 Å². The normalized spacial score (nSPS) is 11.9. The van der Waals surface area contributed by atoms with Crippen LogP contribution in [0.4, 0.5) is 34.1 Å². The Labute approximate surface area is 486 Å². The zero-order valence-electron chi connectivity index (χ0n) is 46.5. The van der Waals surface area contributed by atoms with Crippen LogP contribution in [0, 0.1) is 13.8 Å². The Balaban J connectivity index is 0.934. The number of nitrogens with zero attached hydrogens (tertiary/aromatic N) is 4. The van der Waals surface area contributed by atoms with E-state index in [0.717, 1.165) is 34.1 Å². The third-order valence-electron chi connectivity index (χ3n) is 17.6. The summed E-state index contributed by atoms with van der Waals surface area (Å²) >= 11 is 0. The van der Waals surface area contributed by atoms with Gasteiger partial charge in [0.15, 0.2) is 0 Å². The number of benzene rings is 13. The molecule has 17 rings (SSSR count). The first-order valence-corrected chi connectivity index (χ1v) is 29.1. The van der Waals surface area contributed by atoms with Crippen molar-refractivity contribution in [3.05, 3.63) is 302 Å². The van der Waals surface area contributed by atoms with E-state index in [1.165, 1.54) is 132 Å². The molecule has 0 atom stereocenters. The summed E-state index contributed by atoms with van der Waals surface area (Å²) in [7, 11) is 0. The molecule has 0 aliphatic heterocycles. The average Bonchev–Trinajstić information content (AvgIpc) is 2.23. The number of aryl methyl sites for hydroxylation is 2. The molecule has 0 aliphatic rings. The summed E-state index contributed by atoms with van der Waals surface area (Å²) in [5.41, 5.74) is 25.8. The van der Waals surface area contributed by atoms with Crippen LogP contribution in [0.3, 0.4) is 0 Å². The molecule has 0 N–H and O–H groups in total. The highest BCUT2D eigenvalue weighted by Crippen LogP contribution is 2.53. The Bertz CT molecular complexity index is 5050. The van der Waals surface area contributed by atoms with Crippen LogP contribution < -0.4 is 9.80 Å². The Kier molecular flexibility index (Phi) is 10.7.